The van der Waals surface area contributed by atoms with Crippen molar-refractivity contribution in [2.75, 3.05) is 25.6 Å². The van der Waals surface area contributed by atoms with Gasteiger partial charge in [0.1, 0.15) is 5.82 Å². The van der Waals surface area contributed by atoms with Crippen molar-refractivity contribution in [2.45, 2.75) is 6.92 Å². The average molecular weight is 391 g/mol. The van der Waals surface area contributed by atoms with Crippen molar-refractivity contribution in [3.05, 3.63) is 53.2 Å². The van der Waals surface area contributed by atoms with E-state index in [2.05, 4.69) is 10.3 Å². The van der Waals surface area contributed by atoms with Crippen molar-refractivity contribution in [3.8, 4) is 11.5 Å². The lowest BCUT2D eigenvalue weighted by Gasteiger charge is -2.11. The average Bonchev–Trinajstić information content (AvgIpc) is 2.67. The first-order valence-corrected chi connectivity index (χ1v) is 8.40. The van der Waals surface area contributed by atoms with Crippen LogP contribution in [-0.4, -0.2) is 37.2 Å². The van der Waals surface area contributed by atoms with Crippen LogP contribution in [0, 0.1) is 0 Å². The Morgan fingerprint density at radius 2 is 2.00 bits per heavy atom. The highest BCUT2D eigenvalue weighted by Crippen LogP contribution is 2.28. The maximum absolute atomic E-state index is 11.8. The van der Waals surface area contributed by atoms with Gasteiger partial charge in [-0.3, -0.25) is 4.79 Å². The standard InChI is InChI=1S/C19H19ClN2O5/c1-3-4-13-5-7-15(16(9-13)25-2)26-12-19(24)27-11-18(23)22-17-8-6-14(20)10-21-17/h3-10H,11-12H2,1-2H3,(H,21,22,23)/b4-3+. The van der Waals surface area contributed by atoms with Crippen LogP contribution in [0.3, 0.4) is 0 Å². The lowest BCUT2D eigenvalue weighted by molar-refractivity contribution is -0.149. The van der Waals surface area contributed by atoms with E-state index in [4.69, 9.17) is 25.8 Å². The van der Waals surface area contributed by atoms with E-state index in [1.807, 2.05) is 25.1 Å². The Morgan fingerprint density at radius 1 is 1.19 bits per heavy atom. The molecule has 2 rings (SSSR count). The van der Waals surface area contributed by atoms with E-state index >= 15 is 0 Å². The van der Waals surface area contributed by atoms with Crippen LogP contribution in [0.2, 0.25) is 5.02 Å². The minimum atomic E-state index is -0.686. The van der Waals surface area contributed by atoms with Gasteiger partial charge in [0.15, 0.2) is 24.7 Å². The number of allylic oxidation sites excluding steroid dienone is 1. The van der Waals surface area contributed by atoms with Gasteiger partial charge in [-0.2, -0.15) is 0 Å². The zero-order valence-corrected chi connectivity index (χ0v) is 15.7. The summed E-state index contributed by atoms with van der Waals surface area (Å²) in [5.74, 6) is -0.00890. The van der Waals surface area contributed by atoms with Gasteiger partial charge in [-0.1, -0.05) is 29.8 Å². The van der Waals surface area contributed by atoms with Crippen LogP contribution in [0.5, 0.6) is 11.5 Å². The van der Waals surface area contributed by atoms with Gasteiger partial charge in [-0.25, -0.2) is 9.78 Å². The van der Waals surface area contributed by atoms with Crippen molar-refractivity contribution in [1.82, 2.24) is 4.98 Å². The normalized spacial score (nSPS) is 10.5. The van der Waals surface area contributed by atoms with Crippen molar-refractivity contribution >= 4 is 35.4 Å². The van der Waals surface area contributed by atoms with E-state index in [0.29, 0.717) is 22.3 Å². The molecule has 1 amide bonds. The fourth-order valence-electron chi connectivity index (χ4n) is 2.05. The molecule has 27 heavy (non-hydrogen) atoms. The minimum absolute atomic E-state index is 0.308. The molecule has 2 aromatic rings. The molecule has 8 heteroatoms. The topological polar surface area (TPSA) is 86.8 Å². The molecule has 0 atom stereocenters. The zero-order valence-electron chi connectivity index (χ0n) is 14.9. The second-order valence-corrected chi connectivity index (χ2v) is 5.71. The summed E-state index contributed by atoms with van der Waals surface area (Å²) >= 11 is 5.71. The summed E-state index contributed by atoms with van der Waals surface area (Å²) in [5.41, 5.74) is 0.941. The van der Waals surface area contributed by atoms with Gasteiger partial charge in [0, 0.05) is 6.20 Å². The molecule has 0 aliphatic rings. The number of halogens is 1. The highest BCUT2D eigenvalue weighted by Gasteiger charge is 2.11. The largest absolute Gasteiger partial charge is 0.493 e. The van der Waals surface area contributed by atoms with Gasteiger partial charge < -0.3 is 19.5 Å². The Balaban J connectivity index is 1.80. The molecule has 0 radical (unpaired) electrons. The molecule has 7 nitrogen and oxygen atoms in total. The number of nitrogens with one attached hydrogen (secondary N) is 1. The maximum Gasteiger partial charge on any atom is 0.344 e. The van der Waals surface area contributed by atoms with E-state index < -0.39 is 18.5 Å². The van der Waals surface area contributed by atoms with Crippen LogP contribution in [0.25, 0.3) is 6.08 Å². The van der Waals surface area contributed by atoms with Crippen LogP contribution in [0.15, 0.2) is 42.6 Å². The molecule has 0 saturated carbocycles. The Kier molecular flexibility index (Phi) is 7.63. The number of benzene rings is 1. The number of carbonyl (C=O) groups is 2. The number of methoxy groups -OCH3 is 1. The van der Waals surface area contributed by atoms with Gasteiger partial charge in [0.2, 0.25) is 0 Å². The van der Waals surface area contributed by atoms with Crippen LogP contribution in [0.4, 0.5) is 5.82 Å². The third kappa shape index (κ3) is 6.63. The first kappa shape index (κ1) is 20.3. The van der Waals surface area contributed by atoms with E-state index in [0.717, 1.165) is 5.56 Å². The van der Waals surface area contributed by atoms with E-state index in [1.54, 1.807) is 18.2 Å². The smallest absolute Gasteiger partial charge is 0.344 e. The fraction of sp³-hybridized carbons (Fsp3) is 0.211. The quantitative estimate of drug-likeness (QED) is 0.695. The second-order valence-electron chi connectivity index (χ2n) is 5.27. The van der Waals surface area contributed by atoms with Gasteiger partial charge >= 0.3 is 5.97 Å². The SMILES string of the molecule is C/C=C/c1ccc(OCC(=O)OCC(=O)Nc2ccc(Cl)cn2)c(OC)c1. The third-order valence-electron chi connectivity index (χ3n) is 3.25. The number of aromatic nitrogens is 1. The highest BCUT2D eigenvalue weighted by atomic mass is 35.5. The number of hydrogen-bond acceptors (Lipinski definition) is 6. The van der Waals surface area contributed by atoms with E-state index in [9.17, 15) is 9.59 Å². The number of anilines is 1. The molecule has 0 aliphatic heterocycles. The first-order chi connectivity index (χ1) is 13.0. The highest BCUT2D eigenvalue weighted by molar-refractivity contribution is 6.30. The summed E-state index contributed by atoms with van der Waals surface area (Å²) < 4.78 is 15.5. The molecule has 0 spiro atoms. The molecule has 1 N–H and O–H groups in total. The lowest BCUT2D eigenvalue weighted by Crippen LogP contribution is -2.24. The molecule has 0 unspecified atom stereocenters. The first-order valence-electron chi connectivity index (χ1n) is 8.02. The second kappa shape index (κ2) is 10.2. The number of pyridine rings is 1. The summed E-state index contributed by atoms with van der Waals surface area (Å²) in [6.45, 7) is 1.10. The maximum atomic E-state index is 11.8. The van der Waals surface area contributed by atoms with Crippen LogP contribution < -0.4 is 14.8 Å². The summed E-state index contributed by atoms with van der Waals surface area (Å²) in [4.78, 5) is 27.4. The molecule has 0 fully saturated rings. The number of esters is 1. The molecule has 1 aromatic heterocycles. The van der Waals surface area contributed by atoms with E-state index in [1.165, 1.54) is 19.4 Å². The fourth-order valence-corrected chi connectivity index (χ4v) is 2.16. The molecule has 0 aliphatic carbocycles. The van der Waals surface area contributed by atoms with E-state index in [-0.39, 0.29) is 6.61 Å². The number of nitrogens with zero attached hydrogens (tertiary/aromatic N) is 1. The Hall–Kier alpha value is -3.06. The summed E-state index contributed by atoms with van der Waals surface area (Å²) in [6.07, 6.45) is 5.21. The molecule has 142 valence electrons. The number of ether oxygens (including phenoxy) is 3. The third-order valence-corrected chi connectivity index (χ3v) is 3.48. The molecule has 1 aromatic carbocycles. The van der Waals surface area contributed by atoms with Crippen molar-refractivity contribution in [3.63, 3.8) is 0 Å². The predicted molar refractivity (Wildman–Crippen MR) is 102 cm³/mol. The van der Waals surface area contributed by atoms with Crippen molar-refractivity contribution in [1.29, 1.82) is 0 Å². The predicted octanol–water partition coefficient (Wildman–Crippen LogP) is 3.34. The summed E-state index contributed by atoms with van der Waals surface area (Å²) in [5, 5.41) is 2.93. The number of amides is 1. The molecular weight excluding hydrogens is 372 g/mol. The number of rotatable bonds is 8. The van der Waals surface area contributed by atoms with Crippen LogP contribution in [-0.2, 0) is 14.3 Å². The van der Waals surface area contributed by atoms with Gasteiger partial charge in [0.05, 0.1) is 12.1 Å². The van der Waals surface area contributed by atoms with Gasteiger partial charge in [-0.05, 0) is 36.8 Å². The lowest BCUT2D eigenvalue weighted by atomic mass is 10.2. The summed E-state index contributed by atoms with van der Waals surface area (Å²) in [6, 6.07) is 8.43. The number of hydrogen-bond donors (Lipinski definition) is 1. The van der Waals surface area contributed by atoms with Gasteiger partial charge in [-0.15, -0.1) is 0 Å². The molecule has 0 saturated heterocycles. The minimum Gasteiger partial charge on any atom is -0.493 e. The Bertz CT molecular complexity index is 821. The van der Waals surface area contributed by atoms with Gasteiger partial charge in [0.25, 0.3) is 5.91 Å². The number of carbonyl (C=O) groups excluding carboxylic acids is 2. The molecular formula is C19H19ClN2O5. The monoisotopic (exact) mass is 390 g/mol. The Labute approximate surface area is 161 Å². The van der Waals surface area contributed by atoms with Crippen LogP contribution in [0.1, 0.15) is 12.5 Å². The van der Waals surface area contributed by atoms with Crippen molar-refractivity contribution < 1.29 is 23.8 Å². The van der Waals surface area contributed by atoms with Crippen LogP contribution >= 0.6 is 11.6 Å². The Morgan fingerprint density at radius 3 is 2.67 bits per heavy atom. The summed E-state index contributed by atoms with van der Waals surface area (Å²) in [7, 11) is 1.51. The molecule has 0 bridgehead atoms. The zero-order chi connectivity index (χ0) is 19.6. The van der Waals surface area contributed by atoms with Crippen molar-refractivity contribution in [2.24, 2.45) is 0 Å². The molecule has 1 heterocycles.